The van der Waals surface area contributed by atoms with E-state index >= 15 is 0 Å². The lowest BCUT2D eigenvalue weighted by Crippen LogP contribution is -2.17. The van der Waals surface area contributed by atoms with Crippen LogP contribution in [-0.2, 0) is 0 Å². The predicted octanol–water partition coefficient (Wildman–Crippen LogP) is 11.3. The van der Waals surface area contributed by atoms with E-state index in [2.05, 4.69) is 68.3 Å². The zero-order valence-corrected chi connectivity index (χ0v) is 30.9. The van der Waals surface area contributed by atoms with Crippen molar-refractivity contribution in [1.29, 1.82) is 0 Å². The van der Waals surface area contributed by atoms with Gasteiger partial charge in [-0.3, -0.25) is 14.4 Å². The normalized spacial score (nSPS) is 10.7. The SMILES string of the molecule is C=CC(=O)c1ccc(OC(F)(F)F)cc1.CC(=O)c1ccc(Br)cc1-n1nncc1-c1ccc(OC(F)(F)F)cc1.CC(=O)c1ccc(Br)cc1N=[N+]=[N-]. The van der Waals surface area contributed by atoms with Crippen LogP contribution in [0.15, 0.2) is 118 Å². The summed E-state index contributed by atoms with van der Waals surface area (Å²) in [5, 5.41) is 11.3. The Kier molecular flexibility index (Phi) is 14.9. The van der Waals surface area contributed by atoms with Crippen LogP contribution in [0.4, 0.5) is 32.0 Å². The van der Waals surface area contributed by atoms with Crippen LogP contribution >= 0.6 is 31.9 Å². The average Bonchev–Trinajstić information content (AvgIpc) is 3.58. The lowest BCUT2D eigenvalue weighted by Gasteiger charge is -2.12. The van der Waals surface area contributed by atoms with Crippen LogP contribution in [0.25, 0.3) is 27.4 Å². The summed E-state index contributed by atoms with van der Waals surface area (Å²) in [6.07, 6.45) is -6.93. The number of aromatic nitrogens is 3. The van der Waals surface area contributed by atoms with Crippen LogP contribution in [-0.4, -0.2) is 45.1 Å². The van der Waals surface area contributed by atoms with Crippen LogP contribution in [0.5, 0.6) is 11.5 Å². The van der Waals surface area contributed by atoms with Gasteiger partial charge in [-0.05, 0) is 110 Å². The number of hydrogen-bond donors (Lipinski definition) is 0. The highest BCUT2D eigenvalue weighted by molar-refractivity contribution is 9.10. The minimum atomic E-state index is -4.75. The lowest BCUT2D eigenvalue weighted by molar-refractivity contribution is -0.275. The van der Waals surface area contributed by atoms with Gasteiger partial charge in [0.1, 0.15) is 11.5 Å². The molecule has 0 saturated carbocycles. The van der Waals surface area contributed by atoms with Gasteiger partial charge in [-0.15, -0.1) is 31.4 Å². The number of carbonyl (C=O) groups excluding carboxylic acids is 3. The zero-order chi connectivity index (χ0) is 40.2. The number of alkyl halides is 6. The van der Waals surface area contributed by atoms with Crippen molar-refractivity contribution in [3.63, 3.8) is 0 Å². The molecule has 1 aromatic heterocycles. The maximum atomic E-state index is 12.3. The van der Waals surface area contributed by atoms with Gasteiger partial charge in [0, 0.05) is 41.8 Å². The minimum Gasteiger partial charge on any atom is -0.406 e. The number of rotatable bonds is 9. The molecule has 11 nitrogen and oxygen atoms in total. The second-order valence-electron chi connectivity index (χ2n) is 10.4. The molecule has 0 fully saturated rings. The Morgan fingerprint density at radius 3 is 1.78 bits per heavy atom. The van der Waals surface area contributed by atoms with Crippen LogP contribution in [0.1, 0.15) is 44.9 Å². The quantitative estimate of drug-likeness (QED) is 0.0357. The largest absolute Gasteiger partial charge is 0.573 e. The van der Waals surface area contributed by atoms with Crippen LogP contribution in [0.2, 0.25) is 0 Å². The van der Waals surface area contributed by atoms with E-state index in [1.807, 2.05) is 0 Å². The molecule has 0 N–H and O–H groups in total. The molecule has 0 unspecified atom stereocenters. The Morgan fingerprint density at radius 2 is 1.30 bits per heavy atom. The minimum absolute atomic E-state index is 0.116. The first kappa shape index (κ1) is 42.6. The Labute approximate surface area is 319 Å². The monoisotopic (exact) mass is 880 g/mol. The van der Waals surface area contributed by atoms with Gasteiger partial charge >= 0.3 is 12.7 Å². The molecule has 0 amide bonds. The van der Waals surface area contributed by atoms with E-state index in [-0.39, 0.29) is 34.4 Å². The molecule has 54 heavy (non-hydrogen) atoms. The first-order valence-corrected chi connectivity index (χ1v) is 16.4. The Hall–Kier alpha value is -5.78. The van der Waals surface area contributed by atoms with Crippen molar-refractivity contribution in [2.75, 3.05) is 0 Å². The molecule has 19 heteroatoms. The number of benzene rings is 4. The van der Waals surface area contributed by atoms with Gasteiger partial charge in [0.15, 0.2) is 17.3 Å². The number of Topliss-reactive ketones (excluding diaryl/α,β-unsaturated/α-hetero) is 2. The van der Waals surface area contributed by atoms with Crippen molar-refractivity contribution in [3.05, 3.63) is 140 Å². The highest BCUT2D eigenvalue weighted by Crippen LogP contribution is 2.30. The second-order valence-corrected chi connectivity index (χ2v) is 12.2. The zero-order valence-electron chi connectivity index (χ0n) is 27.7. The summed E-state index contributed by atoms with van der Waals surface area (Å²) in [6.45, 7) is 6.13. The standard InChI is InChI=1S/C17H11BrF3N3O2.C10H7F3O2.C8H6BrN3O/c1-10(25)14-7-4-12(18)8-15(14)24-16(9-22-23-24)11-2-5-13(6-3-11)26-17(19,20)21;1-2-9(14)7-3-5-8(6-4-7)15-10(11,12)13;1-5(13)7-3-2-6(9)4-8(7)11-12-10/h2-9H,1H3;2-6H,1H2;2-4H,1H3. The van der Waals surface area contributed by atoms with Gasteiger partial charge < -0.3 is 9.47 Å². The van der Waals surface area contributed by atoms with Gasteiger partial charge in [0.2, 0.25) is 0 Å². The molecule has 4 aromatic carbocycles. The lowest BCUT2D eigenvalue weighted by atomic mass is 10.1. The van der Waals surface area contributed by atoms with Crippen molar-refractivity contribution < 1.29 is 50.2 Å². The molecule has 0 aliphatic rings. The molecule has 5 aromatic rings. The summed E-state index contributed by atoms with van der Waals surface area (Å²) in [6, 6.07) is 20.0. The number of halogens is 8. The van der Waals surface area contributed by atoms with Crippen LogP contribution < -0.4 is 9.47 Å². The Bertz CT molecular complexity index is 2180. The van der Waals surface area contributed by atoms with Gasteiger partial charge in [0.25, 0.3) is 0 Å². The van der Waals surface area contributed by atoms with Crippen LogP contribution in [0, 0.1) is 0 Å². The third-order valence-electron chi connectivity index (χ3n) is 6.55. The number of ether oxygens (including phenoxy) is 2. The number of azide groups is 1. The van der Waals surface area contributed by atoms with E-state index in [1.54, 1.807) is 36.4 Å². The molecule has 0 atom stereocenters. The Morgan fingerprint density at radius 1 is 0.796 bits per heavy atom. The first-order valence-electron chi connectivity index (χ1n) is 14.8. The molecular formula is C35H24Br2F6N6O5. The molecule has 280 valence electrons. The van der Waals surface area contributed by atoms with E-state index in [0.717, 1.165) is 27.2 Å². The third-order valence-corrected chi connectivity index (χ3v) is 7.54. The summed E-state index contributed by atoms with van der Waals surface area (Å²) in [7, 11) is 0. The summed E-state index contributed by atoms with van der Waals surface area (Å²) in [5.74, 6) is -1.30. The molecule has 1 heterocycles. The molecular weight excluding hydrogens is 858 g/mol. The van der Waals surface area contributed by atoms with E-state index in [9.17, 15) is 40.7 Å². The first-order chi connectivity index (χ1) is 25.3. The van der Waals surface area contributed by atoms with Crippen LogP contribution in [0.3, 0.4) is 0 Å². The summed E-state index contributed by atoms with van der Waals surface area (Å²) in [4.78, 5) is 36.6. The number of ketones is 3. The van der Waals surface area contributed by atoms with Gasteiger partial charge in [-0.25, -0.2) is 4.68 Å². The van der Waals surface area contributed by atoms with Crippen molar-refractivity contribution in [1.82, 2.24) is 15.0 Å². The van der Waals surface area contributed by atoms with Gasteiger partial charge in [-0.1, -0.05) is 48.8 Å². The molecule has 0 aliphatic heterocycles. The fourth-order valence-electron chi connectivity index (χ4n) is 4.29. The number of nitrogens with zero attached hydrogens (tertiary/aromatic N) is 6. The number of hydrogen-bond acceptors (Lipinski definition) is 8. The van der Waals surface area contributed by atoms with Gasteiger partial charge in [-0.2, -0.15) is 0 Å². The summed E-state index contributed by atoms with van der Waals surface area (Å²) < 4.78 is 82.6. The maximum absolute atomic E-state index is 12.3. The molecule has 0 bridgehead atoms. The number of allylic oxidation sites excluding steroid dienone is 1. The van der Waals surface area contributed by atoms with Crippen molar-refractivity contribution >= 4 is 54.9 Å². The average molecular weight is 882 g/mol. The summed E-state index contributed by atoms with van der Waals surface area (Å²) >= 11 is 6.57. The van der Waals surface area contributed by atoms with E-state index in [1.165, 1.54) is 61.1 Å². The van der Waals surface area contributed by atoms with Gasteiger partial charge in [0.05, 0.1) is 17.6 Å². The van der Waals surface area contributed by atoms with Crippen molar-refractivity contribution in [2.24, 2.45) is 5.11 Å². The maximum Gasteiger partial charge on any atom is 0.573 e. The molecule has 0 saturated heterocycles. The highest BCUT2D eigenvalue weighted by Gasteiger charge is 2.31. The Balaban J connectivity index is 0.000000238. The fourth-order valence-corrected chi connectivity index (χ4v) is 4.99. The van der Waals surface area contributed by atoms with Crippen molar-refractivity contribution in [3.8, 4) is 28.4 Å². The topological polar surface area (TPSA) is 149 Å². The summed E-state index contributed by atoms with van der Waals surface area (Å²) in [5.41, 5.74) is 11.3. The molecule has 0 radical (unpaired) electrons. The second kappa shape index (κ2) is 18.8. The van der Waals surface area contributed by atoms with E-state index in [0.29, 0.717) is 33.8 Å². The fraction of sp³-hybridized carbons (Fsp3) is 0.114. The predicted molar refractivity (Wildman–Crippen MR) is 192 cm³/mol. The third kappa shape index (κ3) is 13.0. The number of carbonyl (C=O) groups is 3. The molecule has 0 spiro atoms. The molecule has 5 rings (SSSR count). The molecule has 0 aliphatic carbocycles. The smallest absolute Gasteiger partial charge is 0.406 e. The van der Waals surface area contributed by atoms with Crippen molar-refractivity contribution in [2.45, 2.75) is 26.6 Å². The van der Waals surface area contributed by atoms with E-state index in [4.69, 9.17) is 5.53 Å². The van der Waals surface area contributed by atoms with E-state index < -0.39 is 12.7 Å². The highest BCUT2D eigenvalue weighted by atomic mass is 79.9.